The number of benzene rings is 2. The predicted octanol–water partition coefficient (Wildman–Crippen LogP) is 4.84. The molecule has 3 aromatic rings. The first-order chi connectivity index (χ1) is 11.8. The van der Waals surface area contributed by atoms with E-state index in [4.69, 9.17) is 0 Å². The SMILES string of the molecule is O=C(Nc1ccncc1)Nc1ccc(NSc2ccccc2)cc1. The van der Waals surface area contributed by atoms with Gasteiger partial charge in [-0.25, -0.2) is 4.79 Å². The number of amides is 2. The summed E-state index contributed by atoms with van der Waals surface area (Å²) in [7, 11) is 0. The Labute approximate surface area is 144 Å². The summed E-state index contributed by atoms with van der Waals surface area (Å²) in [4.78, 5) is 17.0. The van der Waals surface area contributed by atoms with Crippen molar-refractivity contribution in [3.05, 3.63) is 79.1 Å². The maximum absolute atomic E-state index is 11.9. The van der Waals surface area contributed by atoms with Gasteiger partial charge in [0, 0.05) is 34.4 Å². The Morgan fingerprint density at radius 2 is 1.33 bits per heavy atom. The predicted molar refractivity (Wildman–Crippen MR) is 99.2 cm³/mol. The Bertz CT molecular complexity index is 779. The van der Waals surface area contributed by atoms with Crippen LogP contribution in [-0.4, -0.2) is 11.0 Å². The average Bonchev–Trinajstić information content (AvgIpc) is 2.63. The van der Waals surface area contributed by atoms with E-state index in [2.05, 4.69) is 20.3 Å². The van der Waals surface area contributed by atoms with Crippen LogP contribution >= 0.6 is 11.9 Å². The number of urea groups is 1. The number of anilines is 3. The fraction of sp³-hybridized carbons (Fsp3) is 0. The van der Waals surface area contributed by atoms with E-state index in [1.165, 1.54) is 11.9 Å². The van der Waals surface area contributed by atoms with Gasteiger partial charge in [-0.2, -0.15) is 0 Å². The van der Waals surface area contributed by atoms with Crippen LogP contribution in [0.4, 0.5) is 21.9 Å². The van der Waals surface area contributed by atoms with Crippen molar-refractivity contribution in [2.45, 2.75) is 4.90 Å². The smallest absolute Gasteiger partial charge is 0.323 e. The maximum atomic E-state index is 11.9. The van der Waals surface area contributed by atoms with Crippen molar-refractivity contribution in [3.63, 3.8) is 0 Å². The van der Waals surface area contributed by atoms with Crippen LogP contribution in [0.5, 0.6) is 0 Å². The number of nitrogens with zero attached hydrogens (tertiary/aromatic N) is 1. The third-order valence-electron chi connectivity index (χ3n) is 3.11. The second-order valence-electron chi connectivity index (χ2n) is 4.91. The fourth-order valence-corrected chi connectivity index (χ4v) is 2.62. The summed E-state index contributed by atoms with van der Waals surface area (Å²) in [5.41, 5.74) is 2.38. The lowest BCUT2D eigenvalue weighted by atomic mass is 10.3. The molecule has 0 unspecified atom stereocenters. The molecular formula is C18H16N4OS. The summed E-state index contributed by atoms with van der Waals surface area (Å²) in [5, 5.41) is 5.53. The number of hydrogen-bond donors (Lipinski definition) is 3. The molecule has 2 aromatic carbocycles. The van der Waals surface area contributed by atoms with E-state index in [-0.39, 0.29) is 6.03 Å². The topological polar surface area (TPSA) is 66.0 Å². The highest BCUT2D eigenvalue weighted by molar-refractivity contribution is 8.00. The highest BCUT2D eigenvalue weighted by Gasteiger charge is 2.02. The van der Waals surface area contributed by atoms with Crippen molar-refractivity contribution in [1.82, 2.24) is 4.98 Å². The summed E-state index contributed by atoms with van der Waals surface area (Å²) in [6.07, 6.45) is 3.25. The molecule has 3 N–H and O–H groups in total. The molecule has 0 spiro atoms. The van der Waals surface area contributed by atoms with Crippen LogP contribution in [0, 0.1) is 0 Å². The molecule has 0 fully saturated rings. The first-order valence-corrected chi connectivity index (χ1v) is 8.17. The quantitative estimate of drug-likeness (QED) is 0.583. The lowest BCUT2D eigenvalue weighted by Crippen LogP contribution is -2.19. The molecule has 0 saturated heterocycles. The fourth-order valence-electron chi connectivity index (χ4n) is 1.96. The number of carbonyl (C=O) groups excluding carboxylic acids is 1. The second-order valence-corrected chi connectivity index (χ2v) is 5.79. The second kappa shape index (κ2) is 8.03. The molecule has 6 heteroatoms. The molecule has 0 aliphatic rings. The zero-order chi connectivity index (χ0) is 16.6. The Balaban J connectivity index is 1.51. The van der Waals surface area contributed by atoms with Crippen LogP contribution in [0.15, 0.2) is 84.0 Å². The number of hydrogen-bond acceptors (Lipinski definition) is 4. The molecule has 0 radical (unpaired) electrons. The number of nitrogens with one attached hydrogen (secondary N) is 3. The highest BCUT2D eigenvalue weighted by Crippen LogP contribution is 2.22. The van der Waals surface area contributed by atoms with E-state index in [1.54, 1.807) is 24.5 Å². The first-order valence-electron chi connectivity index (χ1n) is 7.35. The van der Waals surface area contributed by atoms with Crippen molar-refractivity contribution in [1.29, 1.82) is 0 Å². The van der Waals surface area contributed by atoms with Crippen LogP contribution in [0.3, 0.4) is 0 Å². The number of pyridine rings is 1. The molecule has 0 saturated carbocycles. The number of rotatable bonds is 5. The Morgan fingerprint density at radius 1 is 0.750 bits per heavy atom. The minimum Gasteiger partial charge on any atom is -0.326 e. The van der Waals surface area contributed by atoms with E-state index in [1.807, 2.05) is 54.6 Å². The summed E-state index contributed by atoms with van der Waals surface area (Å²) in [6, 6.07) is 20.8. The van der Waals surface area contributed by atoms with E-state index in [0.717, 1.165) is 16.3 Å². The van der Waals surface area contributed by atoms with E-state index in [9.17, 15) is 4.79 Å². The highest BCUT2D eigenvalue weighted by atomic mass is 32.2. The molecule has 2 amide bonds. The van der Waals surface area contributed by atoms with Crippen molar-refractivity contribution >= 4 is 35.0 Å². The van der Waals surface area contributed by atoms with Crippen molar-refractivity contribution in [2.24, 2.45) is 0 Å². The molecule has 1 aromatic heterocycles. The van der Waals surface area contributed by atoms with Crippen LogP contribution in [0.25, 0.3) is 0 Å². The van der Waals surface area contributed by atoms with E-state index in [0.29, 0.717) is 5.69 Å². The summed E-state index contributed by atoms with van der Waals surface area (Å²) in [5.74, 6) is 0. The molecule has 120 valence electrons. The number of aromatic nitrogens is 1. The van der Waals surface area contributed by atoms with Gasteiger partial charge in [0.2, 0.25) is 0 Å². The van der Waals surface area contributed by atoms with Crippen molar-refractivity contribution < 1.29 is 4.79 Å². The van der Waals surface area contributed by atoms with Crippen molar-refractivity contribution in [3.8, 4) is 0 Å². The Kier molecular flexibility index (Phi) is 5.32. The van der Waals surface area contributed by atoms with Gasteiger partial charge in [0.05, 0.1) is 0 Å². The van der Waals surface area contributed by atoms with Gasteiger partial charge in [-0.05, 0) is 60.5 Å². The maximum Gasteiger partial charge on any atom is 0.323 e. The standard InChI is InChI=1S/C18H16N4OS/c23-18(21-15-10-12-19-13-11-15)20-14-6-8-16(9-7-14)22-24-17-4-2-1-3-5-17/h1-13,22H,(H2,19,20,21,23). The molecule has 24 heavy (non-hydrogen) atoms. The van der Waals surface area contributed by atoms with Crippen LogP contribution in [-0.2, 0) is 0 Å². The van der Waals surface area contributed by atoms with Crippen LogP contribution in [0.1, 0.15) is 0 Å². The summed E-state index contributed by atoms with van der Waals surface area (Å²) in [6.45, 7) is 0. The van der Waals surface area contributed by atoms with Gasteiger partial charge in [0.25, 0.3) is 0 Å². The summed E-state index contributed by atoms with van der Waals surface area (Å²) < 4.78 is 3.26. The Morgan fingerprint density at radius 3 is 2.00 bits per heavy atom. The van der Waals surface area contributed by atoms with Gasteiger partial charge in [0.1, 0.15) is 0 Å². The molecule has 0 aliphatic heterocycles. The molecule has 5 nitrogen and oxygen atoms in total. The lowest BCUT2D eigenvalue weighted by Gasteiger charge is -2.09. The summed E-state index contributed by atoms with van der Waals surface area (Å²) >= 11 is 1.54. The molecule has 0 bridgehead atoms. The molecule has 0 atom stereocenters. The Hall–Kier alpha value is -2.99. The van der Waals surface area contributed by atoms with Gasteiger partial charge < -0.3 is 15.4 Å². The monoisotopic (exact) mass is 336 g/mol. The van der Waals surface area contributed by atoms with Gasteiger partial charge in [-0.1, -0.05) is 18.2 Å². The zero-order valence-electron chi connectivity index (χ0n) is 12.8. The van der Waals surface area contributed by atoms with Crippen molar-refractivity contribution in [2.75, 3.05) is 15.4 Å². The molecular weight excluding hydrogens is 320 g/mol. The van der Waals surface area contributed by atoms with Gasteiger partial charge in [-0.15, -0.1) is 0 Å². The van der Waals surface area contributed by atoms with Crippen LogP contribution in [0.2, 0.25) is 0 Å². The molecule has 3 rings (SSSR count). The van der Waals surface area contributed by atoms with Gasteiger partial charge in [0.15, 0.2) is 0 Å². The largest absolute Gasteiger partial charge is 0.326 e. The first kappa shape index (κ1) is 15.9. The average molecular weight is 336 g/mol. The van der Waals surface area contributed by atoms with Crippen LogP contribution < -0.4 is 15.4 Å². The number of carbonyl (C=O) groups is 1. The minimum atomic E-state index is -0.291. The molecule has 1 heterocycles. The van der Waals surface area contributed by atoms with E-state index >= 15 is 0 Å². The third-order valence-corrected chi connectivity index (χ3v) is 3.96. The minimum absolute atomic E-state index is 0.291. The molecule has 0 aliphatic carbocycles. The zero-order valence-corrected chi connectivity index (χ0v) is 13.6. The third kappa shape index (κ3) is 4.76. The van der Waals surface area contributed by atoms with Gasteiger partial charge >= 0.3 is 6.03 Å². The lowest BCUT2D eigenvalue weighted by molar-refractivity contribution is 0.262. The normalized spacial score (nSPS) is 10.0. The van der Waals surface area contributed by atoms with Gasteiger partial charge in [-0.3, -0.25) is 4.98 Å². The van der Waals surface area contributed by atoms with E-state index < -0.39 is 0 Å².